The zero-order valence-corrected chi connectivity index (χ0v) is 19.0. The molecule has 0 bridgehead atoms. The van der Waals surface area contributed by atoms with Crippen molar-refractivity contribution in [3.05, 3.63) is 53.6 Å². The summed E-state index contributed by atoms with van der Waals surface area (Å²) in [6.45, 7) is 5.99. The smallest absolute Gasteiger partial charge is 0.246 e. The van der Waals surface area contributed by atoms with Crippen molar-refractivity contribution >= 4 is 46.5 Å². The molecule has 0 saturated carbocycles. The first kappa shape index (κ1) is 23.1. The topological polar surface area (TPSA) is 84.6 Å². The Morgan fingerprint density at radius 2 is 1.61 bits per heavy atom. The van der Waals surface area contributed by atoms with Gasteiger partial charge in [0, 0.05) is 42.0 Å². The highest BCUT2D eigenvalue weighted by molar-refractivity contribution is 6.30. The van der Waals surface area contributed by atoms with Gasteiger partial charge in [0.05, 0.1) is 5.54 Å². The number of nitrogens with two attached hydrogens (primary N) is 1. The Morgan fingerprint density at radius 3 is 2.23 bits per heavy atom. The molecule has 1 aromatic heterocycles. The van der Waals surface area contributed by atoms with Gasteiger partial charge in [-0.25, -0.2) is 0 Å². The van der Waals surface area contributed by atoms with Crippen molar-refractivity contribution in [3.8, 4) is 11.6 Å². The fourth-order valence-electron chi connectivity index (χ4n) is 3.52. The highest BCUT2D eigenvalue weighted by atomic mass is 35.5. The number of halogens is 2. The van der Waals surface area contributed by atoms with Crippen molar-refractivity contribution in [2.24, 2.45) is 5.73 Å². The molecule has 164 valence electrons. The highest BCUT2D eigenvalue weighted by Gasteiger charge is 2.31. The zero-order valence-electron chi connectivity index (χ0n) is 17.4. The third kappa shape index (κ3) is 5.01. The number of nitrogens with zero attached hydrogens (tertiary/aromatic N) is 4. The first-order valence-electron chi connectivity index (χ1n) is 9.85. The SMILES string of the molecule is CC(C)(N)C(=O)N1CCN(c2nnc(Oc3ccc(Cl)cc3)c3ccccc23)CC1.Cl. The van der Waals surface area contributed by atoms with E-state index in [9.17, 15) is 4.79 Å². The van der Waals surface area contributed by atoms with Crippen LogP contribution in [0, 0.1) is 0 Å². The van der Waals surface area contributed by atoms with E-state index in [1.165, 1.54) is 0 Å². The summed E-state index contributed by atoms with van der Waals surface area (Å²) < 4.78 is 5.96. The van der Waals surface area contributed by atoms with Crippen LogP contribution in [0.1, 0.15) is 13.8 Å². The maximum Gasteiger partial charge on any atom is 0.246 e. The van der Waals surface area contributed by atoms with E-state index in [1.54, 1.807) is 38.1 Å². The van der Waals surface area contributed by atoms with Crippen molar-refractivity contribution in [1.29, 1.82) is 0 Å². The minimum Gasteiger partial charge on any atom is -0.437 e. The molecule has 7 nitrogen and oxygen atoms in total. The molecule has 0 atom stereocenters. The Kier molecular flexibility index (Phi) is 6.89. The van der Waals surface area contributed by atoms with Crippen LogP contribution in [0.3, 0.4) is 0 Å². The standard InChI is InChI=1S/C22H24ClN5O2.ClH/c1-22(2,24)21(29)28-13-11-27(12-14-28)19-17-5-3-4-6-18(17)20(26-25-19)30-16-9-7-15(23)8-10-16;/h3-10H,11-14,24H2,1-2H3;1H. The largest absolute Gasteiger partial charge is 0.437 e. The molecule has 9 heteroatoms. The summed E-state index contributed by atoms with van der Waals surface area (Å²) >= 11 is 5.95. The number of ether oxygens (including phenoxy) is 1. The van der Waals surface area contributed by atoms with E-state index in [1.807, 2.05) is 29.2 Å². The normalized spacial score (nSPS) is 14.3. The zero-order chi connectivity index (χ0) is 21.3. The Labute approximate surface area is 192 Å². The average molecular weight is 462 g/mol. The van der Waals surface area contributed by atoms with Crippen molar-refractivity contribution in [1.82, 2.24) is 15.1 Å². The molecule has 1 saturated heterocycles. The number of carbonyl (C=O) groups is 1. The summed E-state index contributed by atoms with van der Waals surface area (Å²) in [6, 6.07) is 15.0. The number of benzene rings is 2. The molecule has 31 heavy (non-hydrogen) atoms. The molecule has 1 amide bonds. The molecule has 1 fully saturated rings. The molecular formula is C22H25Cl2N5O2. The van der Waals surface area contributed by atoms with Gasteiger partial charge in [0.2, 0.25) is 11.8 Å². The van der Waals surface area contributed by atoms with Crippen LogP contribution in [0.15, 0.2) is 48.5 Å². The van der Waals surface area contributed by atoms with E-state index in [2.05, 4.69) is 15.1 Å². The van der Waals surface area contributed by atoms with Crippen LogP contribution >= 0.6 is 24.0 Å². The molecule has 0 aliphatic carbocycles. The van der Waals surface area contributed by atoms with Crippen LogP contribution in [0.2, 0.25) is 5.02 Å². The van der Waals surface area contributed by atoms with Crippen LogP contribution in [0.5, 0.6) is 11.6 Å². The summed E-state index contributed by atoms with van der Waals surface area (Å²) in [6.07, 6.45) is 0. The second-order valence-corrected chi connectivity index (χ2v) is 8.37. The van der Waals surface area contributed by atoms with Crippen LogP contribution in [-0.2, 0) is 4.79 Å². The molecule has 4 rings (SSSR count). The van der Waals surface area contributed by atoms with Gasteiger partial charge in [-0.1, -0.05) is 29.8 Å². The van der Waals surface area contributed by atoms with Crippen molar-refractivity contribution < 1.29 is 9.53 Å². The summed E-state index contributed by atoms with van der Waals surface area (Å²) in [5.41, 5.74) is 5.10. The number of aromatic nitrogens is 2. The molecule has 0 spiro atoms. The van der Waals surface area contributed by atoms with Gasteiger partial charge in [0.25, 0.3) is 0 Å². The second-order valence-electron chi connectivity index (χ2n) is 7.93. The number of anilines is 1. The first-order valence-corrected chi connectivity index (χ1v) is 10.2. The lowest BCUT2D eigenvalue weighted by molar-refractivity contribution is -0.136. The van der Waals surface area contributed by atoms with Crippen molar-refractivity contribution in [2.75, 3.05) is 31.1 Å². The molecule has 0 radical (unpaired) electrons. The van der Waals surface area contributed by atoms with Gasteiger partial charge < -0.3 is 20.3 Å². The van der Waals surface area contributed by atoms with Crippen LogP contribution < -0.4 is 15.4 Å². The Balaban J connectivity index is 0.00000272. The molecule has 2 N–H and O–H groups in total. The maximum absolute atomic E-state index is 12.4. The van der Waals surface area contributed by atoms with Gasteiger partial charge in [0.15, 0.2) is 5.82 Å². The Morgan fingerprint density at radius 1 is 1.00 bits per heavy atom. The van der Waals surface area contributed by atoms with Gasteiger partial charge in [-0.3, -0.25) is 4.79 Å². The molecule has 1 aliphatic rings. The van der Waals surface area contributed by atoms with Gasteiger partial charge in [-0.2, -0.15) is 0 Å². The minimum atomic E-state index is -0.866. The molecular weight excluding hydrogens is 437 g/mol. The second kappa shape index (κ2) is 9.26. The summed E-state index contributed by atoms with van der Waals surface area (Å²) in [5.74, 6) is 1.83. The molecule has 1 aliphatic heterocycles. The third-order valence-corrected chi connectivity index (χ3v) is 5.33. The predicted octanol–water partition coefficient (Wildman–Crippen LogP) is 3.88. The number of fused-ring (bicyclic) bond motifs is 1. The molecule has 2 aromatic carbocycles. The maximum atomic E-state index is 12.4. The fraction of sp³-hybridized carbons (Fsp3) is 0.318. The van der Waals surface area contributed by atoms with Crippen LogP contribution in [0.4, 0.5) is 5.82 Å². The minimum absolute atomic E-state index is 0. The van der Waals surface area contributed by atoms with Gasteiger partial charge in [-0.05, 0) is 44.2 Å². The average Bonchev–Trinajstić information content (AvgIpc) is 2.74. The summed E-state index contributed by atoms with van der Waals surface area (Å²) in [4.78, 5) is 16.4. The Bertz CT molecular complexity index is 1060. The van der Waals surface area contributed by atoms with E-state index < -0.39 is 5.54 Å². The Hall–Kier alpha value is -2.61. The fourth-order valence-corrected chi connectivity index (χ4v) is 3.64. The van der Waals surface area contributed by atoms with Gasteiger partial charge in [0.1, 0.15) is 5.75 Å². The third-order valence-electron chi connectivity index (χ3n) is 5.08. The monoisotopic (exact) mass is 461 g/mol. The summed E-state index contributed by atoms with van der Waals surface area (Å²) in [7, 11) is 0. The van der Waals surface area contributed by atoms with E-state index in [0.717, 1.165) is 16.6 Å². The number of piperazine rings is 1. The number of carbonyl (C=O) groups excluding carboxylic acids is 1. The van der Waals surface area contributed by atoms with Crippen molar-refractivity contribution in [3.63, 3.8) is 0 Å². The van der Waals surface area contributed by atoms with E-state index in [4.69, 9.17) is 22.1 Å². The van der Waals surface area contributed by atoms with Crippen LogP contribution in [0.25, 0.3) is 10.8 Å². The number of amides is 1. The van der Waals surface area contributed by atoms with Gasteiger partial charge >= 0.3 is 0 Å². The predicted molar refractivity (Wildman–Crippen MR) is 125 cm³/mol. The van der Waals surface area contributed by atoms with Crippen LogP contribution in [-0.4, -0.2) is 52.7 Å². The molecule has 2 heterocycles. The van der Waals surface area contributed by atoms with E-state index in [-0.39, 0.29) is 18.3 Å². The highest BCUT2D eigenvalue weighted by Crippen LogP contribution is 2.33. The van der Waals surface area contributed by atoms with E-state index in [0.29, 0.717) is 42.8 Å². The summed E-state index contributed by atoms with van der Waals surface area (Å²) in [5, 5.41) is 11.3. The number of hydrogen-bond donors (Lipinski definition) is 1. The lowest BCUT2D eigenvalue weighted by atomic mass is 10.0. The molecule has 3 aromatic rings. The lowest BCUT2D eigenvalue weighted by Crippen LogP contribution is -2.57. The lowest BCUT2D eigenvalue weighted by Gasteiger charge is -2.38. The van der Waals surface area contributed by atoms with Gasteiger partial charge in [-0.15, -0.1) is 22.6 Å². The number of hydrogen-bond acceptors (Lipinski definition) is 6. The van der Waals surface area contributed by atoms with Crippen molar-refractivity contribution in [2.45, 2.75) is 19.4 Å². The van der Waals surface area contributed by atoms with E-state index >= 15 is 0 Å². The molecule has 0 unspecified atom stereocenters. The quantitative estimate of drug-likeness (QED) is 0.634. The first-order chi connectivity index (χ1) is 14.3. The number of rotatable bonds is 4.